The van der Waals surface area contributed by atoms with E-state index in [0.717, 1.165) is 28.7 Å². The maximum absolute atomic E-state index is 6.65. The molecule has 1 aliphatic heterocycles. The van der Waals surface area contributed by atoms with Crippen LogP contribution < -0.4 is 0 Å². The van der Waals surface area contributed by atoms with E-state index in [2.05, 4.69) is 90.9 Å². The van der Waals surface area contributed by atoms with Crippen LogP contribution in [0.2, 0.25) is 0 Å². The SMILES string of the molecule is CCc1c[nH]c2ccccc12.C[C@@H]1O[C@H](COCc2ccccc2)[C@@H](OCc2ccccc2)[C@H](OCc2ccccc2)[C@H]1OCc1ccccc1. The van der Waals surface area contributed by atoms with Crippen molar-refractivity contribution in [2.45, 2.75) is 77.2 Å². The summed E-state index contributed by atoms with van der Waals surface area (Å²) in [6, 6.07) is 49.1. The third-order valence-corrected chi connectivity index (χ3v) is 9.17. The molecular weight excluding hydrogens is 634 g/mol. The van der Waals surface area contributed by atoms with Gasteiger partial charge in [0.2, 0.25) is 0 Å². The van der Waals surface area contributed by atoms with E-state index in [0.29, 0.717) is 33.0 Å². The van der Waals surface area contributed by atoms with Crippen LogP contribution in [0, 0.1) is 0 Å². The van der Waals surface area contributed by atoms with Gasteiger partial charge in [-0.05, 0) is 47.2 Å². The highest BCUT2D eigenvalue weighted by atomic mass is 16.6. The zero-order valence-corrected chi connectivity index (χ0v) is 29.6. The third-order valence-electron chi connectivity index (χ3n) is 9.17. The fourth-order valence-corrected chi connectivity index (χ4v) is 6.44. The summed E-state index contributed by atoms with van der Waals surface area (Å²) in [5.41, 5.74) is 7.06. The van der Waals surface area contributed by atoms with E-state index in [1.165, 1.54) is 16.5 Å². The van der Waals surface area contributed by atoms with Crippen molar-refractivity contribution in [1.29, 1.82) is 0 Å². The second kappa shape index (κ2) is 19.2. The smallest absolute Gasteiger partial charge is 0.115 e. The van der Waals surface area contributed by atoms with Gasteiger partial charge < -0.3 is 28.7 Å². The highest BCUT2D eigenvalue weighted by Gasteiger charge is 2.46. The van der Waals surface area contributed by atoms with E-state index in [9.17, 15) is 0 Å². The van der Waals surface area contributed by atoms with Gasteiger partial charge in [-0.2, -0.15) is 0 Å². The number of ether oxygens (including phenoxy) is 5. The molecule has 0 aliphatic carbocycles. The number of aromatic amines is 1. The lowest BCUT2D eigenvalue weighted by molar-refractivity contribution is -0.269. The minimum atomic E-state index is -0.392. The molecule has 0 saturated carbocycles. The molecule has 7 rings (SSSR count). The molecule has 264 valence electrons. The Kier molecular flexibility index (Phi) is 13.6. The van der Waals surface area contributed by atoms with E-state index in [4.69, 9.17) is 23.7 Å². The highest BCUT2D eigenvalue weighted by Crippen LogP contribution is 2.31. The first-order valence-electron chi connectivity index (χ1n) is 18.0. The number of aryl methyl sites for hydroxylation is 1. The number of aromatic nitrogens is 1. The lowest BCUT2D eigenvalue weighted by Crippen LogP contribution is -2.60. The average Bonchev–Trinajstić information content (AvgIpc) is 3.61. The molecule has 51 heavy (non-hydrogen) atoms. The normalized spacial score (nSPS) is 20.1. The number of hydrogen-bond acceptors (Lipinski definition) is 5. The number of rotatable bonds is 14. The number of nitrogens with one attached hydrogen (secondary N) is 1. The Balaban J connectivity index is 0.000000344. The van der Waals surface area contributed by atoms with Crippen molar-refractivity contribution in [3.8, 4) is 0 Å². The molecule has 1 aliphatic rings. The third kappa shape index (κ3) is 10.5. The molecule has 1 N–H and O–H groups in total. The van der Waals surface area contributed by atoms with E-state index >= 15 is 0 Å². The first-order chi connectivity index (χ1) is 25.2. The summed E-state index contributed by atoms with van der Waals surface area (Å²) < 4.78 is 32.5. The molecule has 1 saturated heterocycles. The van der Waals surface area contributed by atoms with Crippen LogP contribution in [0.1, 0.15) is 41.7 Å². The summed E-state index contributed by atoms with van der Waals surface area (Å²) in [5.74, 6) is 0. The minimum Gasteiger partial charge on any atom is -0.374 e. The van der Waals surface area contributed by atoms with Gasteiger partial charge in [0, 0.05) is 17.1 Å². The molecule has 5 atom stereocenters. The maximum Gasteiger partial charge on any atom is 0.115 e. The molecule has 1 aromatic heterocycles. The molecule has 6 nitrogen and oxygen atoms in total. The van der Waals surface area contributed by atoms with Crippen molar-refractivity contribution in [3.63, 3.8) is 0 Å². The quantitative estimate of drug-likeness (QED) is 0.124. The second-order valence-corrected chi connectivity index (χ2v) is 12.9. The van der Waals surface area contributed by atoms with Crippen LogP contribution in [0.5, 0.6) is 0 Å². The molecule has 1 fully saturated rings. The van der Waals surface area contributed by atoms with Crippen LogP contribution in [0.3, 0.4) is 0 Å². The van der Waals surface area contributed by atoms with Gasteiger partial charge in [0.25, 0.3) is 0 Å². The first-order valence-corrected chi connectivity index (χ1v) is 18.0. The summed E-state index contributed by atoms with van der Waals surface area (Å²) in [6.45, 7) is 6.47. The fraction of sp³-hybridized carbons (Fsp3) is 0.289. The number of hydrogen-bond donors (Lipinski definition) is 1. The van der Waals surface area contributed by atoms with E-state index in [1.807, 2.05) is 79.7 Å². The lowest BCUT2D eigenvalue weighted by atomic mass is 9.94. The fourth-order valence-electron chi connectivity index (χ4n) is 6.44. The first kappa shape index (κ1) is 36.2. The molecule has 0 bridgehead atoms. The van der Waals surface area contributed by atoms with Crippen molar-refractivity contribution in [2.75, 3.05) is 6.61 Å². The summed E-state index contributed by atoms with van der Waals surface area (Å²) in [5, 5.41) is 1.36. The standard InChI is InChI=1S/C35H38O5.C10H11N/c1-27-33(37-23-29-16-8-3-9-17-29)35(39-25-31-20-12-5-13-21-31)34(38-24-30-18-10-4-11-19-30)32(40-27)26-36-22-28-14-6-2-7-15-28;1-2-8-7-11-10-6-4-3-5-9(8)10/h2-21,27,32-35H,22-26H2,1H3;3-7,11H,2H2,1H3/t27-,32+,33-,34+,35+;/m0./s1. The van der Waals surface area contributed by atoms with Crippen molar-refractivity contribution < 1.29 is 23.7 Å². The predicted molar refractivity (Wildman–Crippen MR) is 203 cm³/mol. The number of benzene rings is 5. The summed E-state index contributed by atoms with van der Waals surface area (Å²) in [7, 11) is 0. The predicted octanol–water partition coefficient (Wildman–Crippen LogP) is 9.48. The number of H-pyrrole nitrogens is 1. The summed E-state index contributed by atoms with van der Waals surface area (Å²) in [6.07, 6.45) is 1.58. The molecular formula is C45H49NO5. The zero-order chi connectivity index (χ0) is 35.1. The summed E-state index contributed by atoms with van der Waals surface area (Å²) in [4.78, 5) is 3.24. The summed E-state index contributed by atoms with van der Waals surface area (Å²) >= 11 is 0. The van der Waals surface area contributed by atoms with E-state index in [1.54, 1.807) is 0 Å². The van der Waals surface area contributed by atoms with Gasteiger partial charge in [0.15, 0.2) is 0 Å². The van der Waals surface area contributed by atoms with Gasteiger partial charge in [0.1, 0.15) is 24.4 Å². The highest BCUT2D eigenvalue weighted by molar-refractivity contribution is 5.82. The second-order valence-electron chi connectivity index (χ2n) is 12.9. The van der Waals surface area contributed by atoms with Gasteiger partial charge in [-0.25, -0.2) is 0 Å². The molecule has 0 unspecified atom stereocenters. The van der Waals surface area contributed by atoms with Gasteiger partial charge in [-0.3, -0.25) is 0 Å². The van der Waals surface area contributed by atoms with Crippen molar-refractivity contribution >= 4 is 10.9 Å². The van der Waals surface area contributed by atoms with Crippen LogP contribution in [0.25, 0.3) is 10.9 Å². The molecule has 5 aromatic carbocycles. The van der Waals surface area contributed by atoms with Crippen molar-refractivity contribution in [1.82, 2.24) is 4.98 Å². The van der Waals surface area contributed by atoms with Gasteiger partial charge in [-0.1, -0.05) is 146 Å². The Morgan fingerprint density at radius 3 is 1.51 bits per heavy atom. The minimum absolute atomic E-state index is 0.216. The van der Waals surface area contributed by atoms with Crippen LogP contribution in [0.4, 0.5) is 0 Å². The Labute approximate surface area is 302 Å². The molecule has 6 heteroatoms. The molecule has 2 heterocycles. The molecule has 0 amide bonds. The molecule has 0 radical (unpaired) electrons. The average molecular weight is 684 g/mol. The van der Waals surface area contributed by atoms with E-state index < -0.39 is 6.10 Å². The van der Waals surface area contributed by atoms with Gasteiger partial charge >= 0.3 is 0 Å². The largest absolute Gasteiger partial charge is 0.374 e. The topological polar surface area (TPSA) is 61.9 Å². The Bertz CT molecular complexity index is 1830. The van der Waals surface area contributed by atoms with Gasteiger partial charge in [0.05, 0.1) is 39.1 Å². The monoisotopic (exact) mass is 683 g/mol. The number of para-hydroxylation sites is 1. The van der Waals surface area contributed by atoms with Crippen molar-refractivity contribution in [3.05, 3.63) is 180 Å². The zero-order valence-electron chi connectivity index (χ0n) is 29.6. The Hall–Kier alpha value is -4.56. The molecule has 0 spiro atoms. The Morgan fingerprint density at radius 1 is 0.529 bits per heavy atom. The van der Waals surface area contributed by atoms with E-state index in [-0.39, 0.29) is 24.4 Å². The van der Waals surface area contributed by atoms with Gasteiger partial charge in [-0.15, -0.1) is 0 Å². The Morgan fingerprint density at radius 2 is 0.980 bits per heavy atom. The maximum atomic E-state index is 6.65. The lowest BCUT2D eigenvalue weighted by Gasteiger charge is -2.45. The van der Waals surface area contributed by atoms with Crippen LogP contribution in [0.15, 0.2) is 152 Å². The number of fused-ring (bicyclic) bond motifs is 1. The van der Waals surface area contributed by atoms with Crippen molar-refractivity contribution in [2.24, 2.45) is 0 Å². The van der Waals surface area contributed by atoms with Crippen LogP contribution >= 0.6 is 0 Å². The van der Waals surface area contributed by atoms with Crippen LogP contribution in [-0.4, -0.2) is 42.1 Å². The molecule has 6 aromatic rings. The van der Waals surface area contributed by atoms with Crippen LogP contribution in [-0.2, 0) is 56.5 Å².